The van der Waals surface area contributed by atoms with Crippen LogP contribution in [-0.4, -0.2) is 34.7 Å². The summed E-state index contributed by atoms with van der Waals surface area (Å²) in [5.74, 6) is 0.769. The summed E-state index contributed by atoms with van der Waals surface area (Å²) in [4.78, 5) is 3.20. The van der Waals surface area contributed by atoms with Crippen molar-refractivity contribution < 1.29 is 13.2 Å². The number of rotatable bonds is 2. The van der Waals surface area contributed by atoms with Gasteiger partial charge in [-0.05, 0) is 31.2 Å². The third kappa shape index (κ3) is 1.99. The maximum atomic E-state index is 13.0. The fourth-order valence-corrected chi connectivity index (χ4v) is 5.85. The van der Waals surface area contributed by atoms with Gasteiger partial charge in [0.05, 0.1) is 18.8 Å². The van der Waals surface area contributed by atoms with E-state index in [-0.39, 0.29) is 0 Å². The SMILES string of the molecule is Cc1ccc(S(=O)(=O)N2CCN3CCOc4cccc2c43)s1. The van der Waals surface area contributed by atoms with Crippen molar-refractivity contribution in [2.24, 2.45) is 0 Å². The van der Waals surface area contributed by atoms with Gasteiger partial charge in [0.15, 0.2) is 0 Å². The predicted molar refractivity (Wildman–Crippen MR) is 87.7 cm³/mol. The molecule has 0 spiro atoms. The van der Waals surface area contributed by atoms with Gasteiger partial charge in [0, 0.05) is 11.4 Å². The molecule has 7 heteroatoms. The molecule has 0 unspecified atom stereocenters. The number of aryl methyl sites for hydroxylation is 1. The normalized spacial score (nSPS) is 17.1. The van der Waals surface area contributed by atoms with E-state index in [0.717, 1.165) is 28.5 Å². The van der Waals surface area contributed by atoms with Gasteiger partial charge in [-0.15, -0.1) is 11.3 Å². The molecule has 116 valence electrons. The van der Waals surface area contributed by atoms with E-state index in [1.807, 2.05) is 31.2 Å². The molecule has 0 amide bonds. The average molecular weight is 336 g/mol. The first-order valence-corrected chi connectivity index (χ1v) is 9.43. The Labute approximate surface area is 133 Å². The molecule has 2 aromatic rings. The number of ether oxygens (including phenoxy) is 1. The van der Waals surface area contributed by atoms with Crippen molar-refractivity contribution in [3.63, 3.8) is 0 Å². The summed E-state index contributed by atoms with van der Waals surface area (Å²) in [7, 11) is -3.51. The lowest BCUT2D eigenvalue weighted by Gasteiger charge is -2.40. The third-order valence-corrected chi connectivity index (χ3v) is 7.30. The number of sulfonamides is 1. The molecule has 0 fully saturated rings. The zero-order chi connectivity index (χ0) is 15.3. The van der Waals surface area contributed by atoms with E-state index in [1.54, 1.807) is 6.07 Å². The molecular formula is C15H16N2O3S2. The number of hydrogen-bond donors (Lipinski definition) is 0. The van der Waals surface area contributed by atoms with Gasteiger partial charge in [0.1, 0.15) is 22.3 Å². The largest absolute Gasteiger partial charge is 0.489 e. The van der Waals surface area contributed by atoms with E-state index in [4.69, 9.17) is 4.74 Å². The summed E-state index contributed by atoms with van der Waals surface area (Å²) in [6.45, 7) is 4.52. The topological polar surface area (TPSA) is 49.9 Å². The lowest BCUT2D eigenvalue weighted by atomic mass is 10.1. The van der Waals surface area contributed by atoms with Crippen LogP contribution in [0, 0.1) is 6.92 Å². The van der Waals surface area contributed by atoms with E-state index in [0.29, 0.717) is 23.9 Å². The molecule has 2 aliphatic heterocycles. The Bertz CT molecular complexity index is 829. The van der Waals surface area contributed by atoms with Gasteiger partial charge in [-0.3, -0.25) is 4.31 Å². The highest BCUT2D eigenvalue weighted by atomic mass is 32.2. The Balaban J connectivity index is 1.85. The van der Waals surface area contributed by atoms with Gasteiger partial charge >= 0.3 is 0 Å². The highest BCUT2D eigenvalue weighted by molar-refractivity contribution is 7.94. The van der Waals surface area contributed by atoms with Gasteiger partial charge in [-0.2, -0.15) is 0 Å². The van der Waals surface area contributed by atoms with E-state index >= 15 is 0 Å². The summed E-state index contributed by atoms with van der Waals surface area (Å²) in [5, 5.41) is 0. The van der Waals surface area contributed by atoms with E-state index in [9.17, 15) is 8.42 Å². The Morgan fingerprint density at radius 2 is 2.00 bits per heavy atom. The Morgan fingerprint density at radius 1 is 1.14 bits per heavy atom. The van der Waals surface area contributed by atoms with E-state index in [1.165, 1.54) is 15.6 Å². The first-order valence-electron chi connectivity index (χ1n) is 7.17. The van der Waals surface area contributed by atoms with Crippen molar-refractivity contribution >= 4 is 32.7 Å². The van der Waals surface area contributed by atoms with Crippen LogP contribution >= 0.6 is 11.3 Å². The summed E-state index contributed by atoms with van der Waals surface area (Å²) in [6, 6.07) is 9.14. The lowest BCUT2D eigenvalue weighted by molar-refractivity contribution is 0.307. The summed E-state index contributed by atoms with van der Waals surface area (Å²) in [5.41, 5.74) is 1.62. The molecule has 2 aliphatic rings. The second-order valence-corrected chi connectivity index (χ2v) is 8.78. The van der Waals surface area contributed by atoms with Crippen LogP contribution in [-0.2, 0) is 10.0 Å². The number of para-hydroxylation sites is 1. The molecule has 0 bridgehead atoms. The zero-order valence-corrected chi connectivity index (χ0v) is 13.8. The highest BCUT2D eigenvalue weighted by Gasteiger charge is 2.35. The van der Waals surface area contributed by atoms with Crippen LogP contribution in [0.15, 0.2) is 34.5 Å². The van der Waals surface area contributed by atoms with Gasteiger partial charge in [-0.1, -0.05) is 6.07 Å². The summed E-state index contributed by atoms with van der Waals surface area (Å²) in [6.07, 6.45) is 0. The molecule has 0 saturated carbocycles. The first-order chi connectivity index (χ1) is 10.6. The van der Waals surface area contributed by atoms with Crippen LogP contribution in [0.1, 0.15) is 4.88 Å². The van der Waals surface area contributed by atoms with Crippen molar-refractivity contribution in [2.75, 3.05) is 35.4 Å². The standard InChI is InChI=1S/C15H16N2O3S2/c1-11-5-6-14(21-11)22(18,19)17-8-7-16-9-10-20-13-4-2-3-12(17)15(13)16/h2-6H,7-10H2,1H3. The van der Waals surface area contributed by atoms with Gasteiger partial charge in [0.25, 0.3) is 10.0 Å². The molecule has 5 nitrogen and oxygen atoms in total. The van der Waals surface area contributed by atoms with Crippen molar-refractivity contribution in [3.8, 4) is 5.75 Å². The van der Waals surface area contributed by atoms with Crippen LogP contribution < -0.4 is 13.9 Å². The van der Waals surface area contributed by atoms with E-state index < -0.39 is 10.0 Å². The van der Waals surface area contributed by atoms with Crippen molar-refractivity contribution in [2.45, 2.75) is 11.1 Å². The van der Waals surface area contributed by atoms with Crippen LogP contribution in [0.4, 0.5) is 11.4 Å². The number of thiophene rings is 1. The molecule has 1 aromatic heterocycles. The third-order valence-electron chi connectivity index (χ3n) is 4.01. The Kier molecular flexibility index (Phi) is 3.09. The van der Waals surface area contributed by atoms with Crippen LogP contribution in [0.3, 0.4) is 0 Å². The summed E-state index contributed by atoms with van der Waals surface area (Å²) >= 11 is 1.31. The molecule has 1 aromatic carbocycles. The molecule has 3 heterocycles. The number of nitrogens with zero attached hydrogens (tertiary/aromatic N) is 2. The Morgan fingerprint density at radius 3 is 2.77 bits per heavy atom. The van der Waals surface area contributed by atoms with Gasteiger partial charge in [-0.25, -0.2) is 8.42 Å². The molecule has 0 saturated heterocycles. The number of anilines is 2. The quantitative estimate of drug-likeness (QED) is 0.845. The van der Waals surface area contributed by atoms with Crippen molar-refractivity contribution in [1.82, 2.24) is 0 Å². The van der Waals surface area contributed by atoms with E-state index in [2.05, 4.69) is 4.90 Å². The van der Waals surface area contributed by atoms with Crippen LogP contribution in [0.5, 0.6) is 5.75 Å². The minimum absolute atomic E-state index is 0.396. The molecule has 0 radical (unpaired) electrons. The lowest BCUT2D eigenvalue weighted by Crippen LogP contribution is -2.46. The summed E-state index contributed by atoms with van der Waals surface area (Å²) < 4.78 is 33.5. The smallest absolute Gasteiger partial charge is 0.273 e. The molecule has 0 N–H and O–H groups in total. The molecular weight excluding hydrogens is 320 g/mol. The predicted octanol–water partition coefficient (Wildman–Crippen LogP) is 2.46. The molecule has 22 heavy (non-hydrogen) atoms. The van der Waals surface area contributed by atoms with Crippen molar-refractivity contribution in [1.29, 1.82) is 0 Å². The molecule has 4 rings (SSSR count). The average Bonchev–Trinajstić information content (AvgIpc) is 2.95. The minimum Gasteiger partial charge on any atom is -0.489 e. The molecule has 0 atom stereocenters. The maximum absolute atomic E-state index is 13.0. The number of benzene rings is 1. The Hall–Kier alpha value is -1.73. The second-order valence-electron chi connectivity index (χ2n) is 5.40. The van der Waals surface area contributed by atoms with Crippen LogP contribution in [0.2, 0.25) is 0 Å². The van der Waals surface area contributed by atoms with Crippen molar-refractivity contribution in [3.05, 3.63) is 35.2 Å². The number of hydrogen-bond acceptors (Lipinski definition) is 5. The first kappa shape index (κ1) is 13.9. The molecule has 0 aliphatic carbocycles. The maximum Gasteiger partial charge on any atom is 0.273 e. The minimum atomic E-state index is -3.51. The monoisotopic (exact) mass is 336 g/mol. The second kappa shape index (κ2) is 4.89. The zero-order valence-electron chi connectivity index (χ0n) is 12.2. The van der Waals surface area contributed by atoms with Gasteiger partial charge in [0.2, 0.25) is 0 Å². The van der Waals surface area contributed by atoms with Gasteiger partial charge < -0.3 is 9.64 Å². The fraction of sp³-hybridized carbons (Fsp3) is 0.333. The van der Waals surface area contributed by atoms with Crippen LogP contribution in [0.25, 0.3) is 0 Å². The highest BCUT2D eigenvalue weighted by Crippen LogP contribution is 2.44. The fourth-order valence-electron chi connectivity index (χ4n) is 2.99.